The van der Waals surface area contributed by atoms with Gasteiger partial charge in [-0.25, -0.2) is 4.79 Å². The summed E-state index contributed by atoms with van der Waals surface area (Å²) in [5, 5.41) is 16.9. The predicted molar refractivity (Wildman–Crippen MR) is 57.7 cm³/mol. The van der Waals surface area contributed by atoms with Gasteiger partial charge in [0.1, 0.15) is 0 Å². The summed E-state index contributed by atoms with van der Waals surface area (Å²) in [6.45, 7) is 0. The van der Waals surface area contributed by atoms with Gasteiger partial charge >= 0.3 is 5.97 Å². The Labute approximate surface area is 95.2 Å². The normalized spacial score (nSPS) is 10.3. The van der Waals surface area contributed by atoms with E-state index in [1.54, 1.807) is 24.3 Å². The first-order valence-corrected chi connectivity index (χ1v) is 4.68. The first kappa shape index (κ1) is 10.4. The molecule has 82 valence electrons. The van der Waals surface area contributed by atoms with Gasteiger partial charge in [0.05, 0.1) is 5.69 Å². The van der Waals surface area contributed by atoms with Crippen molar-refractivity contribution >= 4 is 23.4 Å². The zero-order valence-corrected chi connectivity index (χ0v) is 8.72. The van der Waals surface area contributed by atoms with Gasteiger partial charge < -0.3 is 10.8 Å². The van der Waals surface area contributed by atoms with E-state index in [0.29, 0.717) is 10.7 Å². The third kappa shape index (κ3) is 1.82. The Morgan fingerprint density at radius 1 is 1.31 bits per heavy atom. The number of aromatic carboxylic acids is 1. The van der Waals surface area contributed by atoms with E-state index in [0.717, 1.165) is 4.80 Å². The molecule has 2 rings (SSSR count). The Hall–Kier alpha value is -2.08. The van der Waals surface area contributed by atoms with E-state index < -0.39 is 5.97 Å². The average Bonchev–Trinajstić information content (AvgIpc) is 2.61. The SMILES string of the molecule is Nc1nn(-c2ccc(Cl)cc2)nc1C(=O)O. The van der Waals surface area contributed by atoms with E-state index in [2.05, 4.69) is 10.2 Å². The number of hydrogen-bond donors (Lipinski definition) is 2. The molecule has 0 spiro atoms. The molecule has 16 heavy (non-hydrogen) atoms. The zero-order chi connectivity index (χ0) is 11.7. The molecular weight excluding hydrogens is 232 g/mol. The highest BCUT2D eigenvalue weighted by atomic mass is 35.5. The molecule has 0 aliphatic rings. The molecule has 0 amide bonds. The Balaban J connectivity index is 2.45. The van der Waals surface area contributed by atoms with Crippen molar-refractivity contribution in [3.8, 4) is 5.69 Å². The molecule has 0 aliphatic heterocycles. The van der Waals surface area contributed by atoms with Crippen LogP contribution in [0.2, 0.25) is 5.02 Å². The van der Waals surface area contributed by atoms with Crippen LogP contribution in [0, 0.1) is 0 Å². The number of hydrogen-bond acceptors (Lipinski definition) is 4. The second-order valence-corrected chi connectivity index (χ2v) is 3.44. The molecule has 3 N–H and O–H groups in total. The second kappa shape index (κ2) is 3.82. The van der Waals surface area contributed by atoms with Crippen molar-refractivity contribution in [2.45, 2.75) is 0 Å². The fourth-order valence-electron chi connectivity index (χ4n) is 1.16. The van der Waals surface area contributed by atoms with E-state index in [1.807, 2.05) is 0 Å². The van der Waals surface area contributed by atoms with Crippen LogP contribution in [0.3, 0.4) is 0 Å². The lowest BCUT2D eigenvalue weighted by Crippen LogP contribution is -2.02. The van der Waals surface area contributed by atoms with Crippen LogP contribution in [0.5, 0.6) is 0 Å². The molecular formula is C9H7ClN4O2. The second-order valence-electron chi connectivity index (χ2n) is 3.00. The first-order chi connectivity index (χ1) is 7.58. The van der Waals surface area contributed by atoms with Crippen LogP contribution in [-0.2, 0) is 0 Å². The largest absolute Gasteiger partial charge is 0.476 e. The van der Waals surface area contributed by atoms with Gasteiger partial charge in [-0.15, -0.1) is 15.0 Å². The van der Waals surface area contributed by atoms with Crippen LogP contribution in [0.15, 0.2) is 24.3 Å². The Morgan fingerprint density at radius 2 is 1.94 bits per heavy atom. The van der Waals surface area contributed by atoms with E-state index in [1.165, 1.54) is 0 Å². The summed E-state index contributed by atoms with van der Waals surface area (Å²) >= 11 is 5.72. The average molecular weight is 239 g/mol. The van der Waals surface area contributed by atoms with E-state index in [-0.39, 0.29) is 11.5 Å². The molecule has 6 nitrogen and oxygen atoms in total. The molecule has 2 aromatic rings. The van der Waals surface area contributed by atoms with Gasteiger partial charge in [0.25, 0.3) is 0 Å². The summed E-state index contributed by atoms with van der Waals surface area (Å²) in [7, 11) is 0. The number of rotatable bonds is 2. The lowest BCUT2D eigenvalue weighted by Gasteiger charge is -1.97. The first-order valence-electron chi connectivity index (χ1n) is 4.30. The van der Waals surface area contributed by atoms with Gasteiger partial charge in [0.2, 0.25) is 5.69 Å². The summed E-state index contributed by atoms with van der Waals surface area (Å²) in [6, 6.07) is 6.62. The summed E-state index contributed by atoms with van der Waals surface area (Å²) in [5.41, 5.74) is 5.73. The minimum absolute atomic E-state index is 0.123. The van der Waals surface area contributed by atoms with Crippen molar-refractivity contribution in [2.24, 2.45) is 0 Å². The molecule has 1 aromatic heterocycles. The zero-order valence-electron chi connectivity index (χ0n) is 7.96. The maximum absolute atomic E-state index is 10.7. The van der Waals surface area contributed by atoms with Crippen molar-refractivity contribution in [1.82, 2.24) is 15.0 Å². The fourth-order valence-corrected chi connectivity index (χ4v) is 1.29. The van der Waals surface area contributed by atoms with Crippen molar-refractivity contribution < 1.29 is 9.90 Å². The standard InChI is InChI=1S/C9H7ClN4O2/c10-5-1-3-6(4-2-5)14-12-7(9(15)16)8(11)13-14/h1-4H,(H2,11,13)(H,15,16). The highest BCUT2D eigenvalue weighted by molar-refractivity contribution is 6.30. The molecule has 0 atom stereocenters. The van der Waals surface area contributed by atoms with E-state index in [4.69, 9.17) is 22.4 Å². The number of halogens is 1. The van der Waals surface area contributed by atoms with Gasteiger partial charge in [0.15, 0.2) is 5.82 Å². The number of carboxylic acid groups (broad SMARTS) is 1. The van der Waals surface area contributed by atoms with Crippen LogP contribution in [0.1, 0.15) is 10.5 Å². The number of nitrogen functional groups attached to an aromatic ring is 1. The number of carboxylic acids is 1. The fraction of sp³-hybridized carbons (Fsp3) is 0. The van der Waals surface area contributed by atoms with Gasteiger partial charge in [-0.3, -0.25) is 0 Å². The molecule has 0 saturated carbocycles. The van der Waals surface area contributed by atoms with Gasteiger partial charge in [-0.2, -0.15) is 0 Å². The van der Waals surface area contributed by atoms with Gasteiger partial charge in [-0.05, 0) is 24.3 Å². The number of nitrogens with two attached hydrogens (primary N) is 1. The summed E-state index contributed by atoms with van der Waals surface area (Å²) in [6.07, 6.45) is 0. The molecule has 0 bridgehead atoms. The molecule has 1 heterocycles. The lowest BCUT2D eigenvalue weighted by molar-refractivity contribution is 0.0691. The highest BCUT2D eigenvalue weighted by Crippen LogP contribution is 2.14. The summed E-state index contributed by atoms with van der Waals surface area (Å²) in [5.74, 6) is -1.33. The Morgan fingerprint density at radius 3 is 2.44 bits per heavy atom. The smallest absolute Gasteiger partial charge is 0.360 e. The van der Waals surface area contributed by atoms with Crippen LogP contribution < -0.4 is 5.73 Å². The number of anilines is 1. The van der Waals surface area contributed by atoms with Crippen LogP contribution in [0.25, 0.3) is 5.69 Å². The van der Waals surface area contributed by atoms with Crippen molar-refractivity contribution in [3.05, 3.63) is 35.0 Å². The summed E-state index contributed by atoms with van der Waals surface area (Å²) < 4.78 is 0. The topological polar surface area (TPSA) is 94.0 Å². The minimum atomic E-state index is -1.21. The Kier molecular flexibility index (Phi) is 2.49. The molecule has 0 unspecified atom stereocenters. The number of nitrogens with zero attached hydrogens (tertiary/aromatic N) is 3. The number of carbonyl (C=O) groups is 1. The number of aromatic nitrogens is 3. The molecule has 0 aliphatic carbocycles. The molecule has 0 saturated heterocycles. The molecule has 7 heteroatoms. The molecule has 0 radical (unpaired) electrons. The van der Waals surface area contributed by atoms with E-state index >= 15 is 0 Å². The monoisotopic (exact) mass is 238 g/mol. The predicted octanol–water partition coefficient (Wildman–Crippen LogP) is 1.20. The van der Waals surface area contributed by atoms with Crippen LogP contribution in [-0.4, -0.2) is 26.1 Å². The van der Waals surface area contributed by atoms with Crippen molar-refractivity contribution in [3.63, 3.8) is 0 Å². The quantitative estimate of drug-likeness (QED) is 0.820. The lowest BCUT2D eigenvalue weighted by atomic mass is 10.3. The number of benzene rings is 1. The van der Waals surface area contributed by atoms with Gasteiger partial charge in [0, 0.05) is 5.02 Å². The molecule has 1 aromatic carbocycles. The van der Waals surface area contributed by atoms with Gasteiger partial charge in [-0.1, -0.05) is 11.6 Å². The van der Waals surface area contributed by atoms with E-state index in [9.17, 15) is 4.79 Å². The van der Waals surface area contributed by atoms with Crippen molar-refractivity contribution in [2.75, 3.05) is 5.73 Å². The maximum atomic E-state index is 10.7. The van der Waals surface area contributed by atoms with Crippen LogP contribution >= 0.6 is 11.6 Å². The molecule has 0 fully saturated rings. The third-order valence-electron chi connectivity index (χ3n) is 1.90. The highest BCUT2D eigenvalue weighted by Gasteiger charge is 2.15. The third-order valence-corrected chi connectivity index (χ3v) is 2.15. The minimum Gasteiger partial charge on any atom is -0.476 e. The Bertz CT molecular complexity index is 535. The van der Waals surface area contributed by atoms with Crippen molar-refractivity contribution in [1.29, 1.82) is 0 Å². The maximum Gasteiger partial charge on any atom is 0.360 e. The van der Waals surface area contributed by atoms with Crippen LogP contribution in [0.4, 0.5) is 5.82 Å². The summed E-state index contributed by atoms with van der Waals surface area (Å²) in [4.78, 5) is 11.9.